The molecular formula is C13H21N2O7P. The van der Waals surface area contributed by atoms with Gasteiger partial charge in [0.15, 0.2) is 0 Å². The number of aromatic hydroxyl groups is 1. The number of nitrogens with one attached hydrogen (secondary N) is 1. The van der Waals surface area contributed by atoms with Crippen LogP contribution in [-0.4, -0.2) is 37.5 Å². The SMILES string of the molecule is Cc1ncc(COP(=O)(O)O)c(CNCCCCC(=O)O)c1O. The third-order valence-corrected chi connectivity index (χ3v) is 3.58. The Morgan fingerprint density at radius 3 is 2.70 bits per heavy atom. The molecule has 0 aromatic carbocycles. The lowest BCUT2D eigenvalue weighted by atomic mass is 10.1. The summed E-state index contributed by atoms with van der Waals surface area (Å²) in [5.41, 5.74) is 1.21. The van der Waals surface area contributed by atoms with Crippen molar-refractivity contribution in [3.05, 3.63) is 23.0 Å². The third kappa shape index (κ3) is 7.54. The molecule has 1 heterocycles. The number of unbranched alkanes of at least 4 members (excludes halogenated alkanes) is 1. The van der Waals surface area contributed by atoms with Crippen LogP contribution in [0.15, 0.2) is 6.20 Å². The van der Waals surface area contributed by atoms with Crippen LogP contribution in [0.2, 0.25) is 0 Å². The number of rotatable bonds is 10. The highest BCUT2D eigenvalue weighted by atomic mass is 31.2. The minimum atomic E-state index is -4.61. The zero-order valence-electron chi connectivity index (χ0n) is 12.7. The fraction of sp³-hybridized carbons (Fsp3) is 0.538. The van der Waals surface area contributed by atoms with Crippen molar-refractivity contribution in [3.8, 4) is 5.75 Å². The Balaban J connectivity index is 2.62. The van der Waals surface area contributed by atoms with Gasteiger partial charge in [0.05, 0.1) is 12.3 Å². The highest BCUT2D eigenvalue weighted by Gasteiger charge is 2.17. The Hall–Kier alpha value is -1.51. The lowest BCUT2D eigenvalue weighted by Gasteiger charge is -2.14. The van der Waals surface area contributed by atoms with Crippen LogP contribution in [0.25, 0.3) is 0 Å². The molecule has 1 aromatic heterocycles. The van der Waals surface area contributed by atoms with Crippen LogP contribution in [0.1, 0.15) is 36.1 Å². The second-order valence-electron chi connectivity index (χ2n) is 4.99. The van der Waals surface area contributed by atoms with Crippen molar-refractivity contribution in [3.63, 3.8) is 0 Å². The smallest absolute Gasteiger partial charge is 0.469 e. The van der Waals surface area contributed by atoms with E-state index in [1.165, 1.54) is 6.20 Å². The van der Waals surface area contributed by atoms with Gasteiger partial charge in [0.25, 0.3) is 0 Å². The summed E-state index contributed by atoms with van der Waals surface area (Å²) in [6, 6.07) is 0. The number of carbonyl (C=O) groups is 1. The number of aliphatic carboxylic acids is 1. The molecule has 0 aliphatic heterocycles. The fourth-order valence-corrected chi connectivity index (χ4v) is 2.21. The lowest BCUT2D eigenvalue weighted by molar-refractivity contribution is -0.137. The number of pyridine rings is 1. The predicted molar refractivity (Wildman–Crippen MR) is 80.7 cm³/mol. The first-order valence-electron chi connectivity index (χ1n) is 6.99. The van der Waals surface area contributed by atoms with Crippen LogP contribution in [-0.2, 0) is 27.0 Å². The first kappa shape index (κ1) is 19.5. The average molecular weight is 348 g/mol. The second-order valence-corrected chi connectivity index (χ2v) is 6.23. The molecule has 23 heavy (non-hydrogen) atoms. The van der Waals surface area contributed by atoms with Crippen molar-refractivity contribution < 1.29 is 33.9 Å². The van der Waals surface area contributed by atoms with Crippen LogP contribution in [0, 0.1) is 6.92 Å². The maximum atomic E-state index is 10.8. The molecule has 0 fully saturated rings. The van der Waals surface area contributed by atoms with Crippen LogP contribution < -0.4 is 5.32 Å². The molecule has 0 atom stereocenters. The van der Waals surface area contributed by atoms with Crippen LogP contribution in [0.3, 0.4) is 0 Å². The molecule has 0 amide bonds. The minimum absolute atomic E-state index is 0.0603. The van der Waals surface area contributed by atoms with E-state index in [1.807, 2.05) is 0 Å². The molecule has 0 bridgehead atoms. The molecule has 1 aromatic rings. The quantitative estimate of drug-likeness (QED) is 0.309. The predicted octanol–water partition coefficient (Wildman–Crippen LogP) is 1.05. The second kappa shape index (κ2) is 8.95. The monoisotopic (exact) mass is 348 g/mol. The zero-order chi connectivity index (χ0) is 17.5. The molecule has 0 aliphatic carbocycles. The number of aryl methyl sites for hydroxylation is 1. The maximum absolute atomic E-state index is 10.8. The normalized spacial score (nSPS) is 11.6. The summed E-state index contributed by atoms with van der Waals surface area (Å²) >= 11 is 0. The Bertz CT molecular complexity index is 588. The maximum Gasteiger partial charge on any atom is 0.469 e. The molecule has 5 N–H and O–H groups in total. The largest absolute Gasteiger partial charge is 0.506 e. The number of aromatic nitrogens is 1. The zero-order valence-corrected chi connectivity index (χ0v) is 13.6. The van der Waals surface area contributed by atoms with E-state index in [0.29, 0.717) is 36.2 Å². The highest BCUT2D eigenvalue weighted by Crippen LogP contribution is 2.38. The van der Waals surface area contributed by atoms with Crippen molar-refractivity contribution in [2.75, 3.05) is 6.54 Å². The van der Waals surface area contributed by atoms with E-state index in [9.17, 15) is 14.5 Å². The van der Waals surface area contributed by atoms with E-state index >= 15 is 0 Å². The van der Waals surface area contributed by atoms with Gasteiger partial charge >= 0.3 is 13.8 Å². The van der Waals surface area contributed by atoms with Crippen molar-refractivity contribution in [1.29, 1.82) is 0 Å². The van der Waals surface area contributed by atoms with Crippen LogP contribution in [0.5, 0.6) is 5.75 Å². The van der Waals surface area contributed by atoms with Crippen molar-refractivity contribution in [1.82, 2.24) is 10.3 Å². The van der Waals surface area contributed by atoms with Gasteiger partial charge < -0.3 is 25.3 Å². The van der Waals surface area contributed by atoms with Crippen LogP contribution >= 0.6 is 7.82 Å². The van der Waals surface area contributed by atoms with Crippen molar-refractivity contribution in [2.45, 2.75) is 39.3 Å². The summed E-state index contributed by atoms with van der Waals surface area (Å²) in [4.78, 5) is 31.8. The van der Waals surface area contributed by atoms with Crippen molar-refractivity contribution in [2.24, 2.45) is 0 Å². The van der Waals surface area contributed by atoms with Gasteiger partial charge in [-0.25, -0.2) is 4.57 Å². The third-order valence-electron chi connectivity index (χ3n) is 3.11. The number of carboxylic acid groups (broad SMARTS) is 1. The van der Waals surface area contributed by atoms with Gasteiger partial charge in [0.2, 0.25) is 0 Å². The van der Waals surface area contributed by atoms with E-state index in [1.54, 1.807) is 6.92 Å². The van der Waals surface area contributed by atoms with E-state index in [4.69, 9.17) is 14.9 Å². The molecule has 0 saturated carbocycles. The molecule has 0 unspecified atom stereocenters. The molecule has 9 nitrogen and oxygen atoms in total. The summed E-state index contributed by atoms with van der Waals surface area (Å²) in [7, 11) is -4.61. The van der Waals surface area contributed by atoms with Crippen molar-refractivity contribution >= 4 is 13.8 Å². The number of hydrogen-bond acceptors (Lipinski definition) is 6. The van der Waals surface area contributed by atoms with Gasteiger partial charge in [-0.1, -0.05) is 0 Å². The first-order chi connectivity index (χ1) is 10.7. The first-order valence-corrected chi connectivity index (χ1v) is 8.52. The molecule has 0 aliphatic rings. The Labute approximate surface area is 133 Å². The average Bonchev–Trinajstić information content (AvgIpc) is 2.44. The Kier molecular flexibility index (Phi) is 7.60. The molecule has 0 radical (unpaired) electrons. The van der Waals surface area contributed by atoms with Gasteiger partial charge in [-0.3, -0.25) is 14.3 Å². The number of phosphoric ester groups is 1. The summed E-state index contributed by atoms with van der Waals surface area (Å²) in [6.07, 6.45) is 2.69. The van der Waals surface area contributed by atoms with E-state index in [0.717, 1.165) is 0 Å². The van der Waals surface area contributed by atoms with Gasteiger partial charge in [-0.15, -0.1) is 0 Å². The summed E-state index contributed by atoms with van der Waals surface area (Å²) < 4.78 is 15.2. The fourth-order valence-electron chi connectivity index (χ4n) is 1.90. The Morgan fingerprint density at radius 2 is 2.09 bits per heavy atom. The molecule has 1 rings (SSSR count). The summed E-state index contributed by atoms with van der Waals surface area (Å²) in [5, 5.41) is 21.6. The number of carboxylic acids is 1. The summed E-state index contributed by atoms with van der Waals surface area (Å²) in [5.74, 6) is -0.904. The highest BCUT2D eigenvalue weighted by molar-refractivity contribution is 7.46. The molecule has 0 saturated heterocycles. The number of hydrogen-bond donors (Lipinski definition) is 5. The van der Waals surface area contributed by atoms with Gasteiger partial charge in [0, 0.05) is 30.3 Å². The van der Waals surface area contributed by atoms with E-state index in [2.05, 4.69) is 14.8 Å². The topological polar surface area (TPSA) is 149 Å². The Morgan fingerprint density at radius 1 is 1.39 bits per heavy atom. The number of phosphoric acid groups is 1. The van der Waals surface area contributed by atoms with Gasteiger partial charge in [0.1, 0.15) is 5.75 Å². The van der Waals surface area contributed by atoms with Gasteiger partial charge in [-0.2, -0.15) is 0 Å². The lowest BCUT2D eigenvalue weighted by Crippen LogP contribution is -2.17. The molecule has 130 valence electrons. The number of nitrogens with zero attached hydrogens (tertiary/aromatic N) is 1. The van der Waals surface area contributed by atoms with E-state index in [-0.39, 0.29) is 25.3 Å². The van der Waals surface area contributed by atoms with E-state index < -0.39 is 13.8 Å². The molecule has 10 heteroatoms. The summed E-state index contributed by atoms with van der Waals surface area (Å²) in [6.45, 7) is 2.04. The van der Waals surface area contributed by atoms with Crippen LogP contribution in [0.4, 0.5) is 0 Å². The molecular weight excluding hydrogens is 327 g/mol. The van der Waals surface area contributed by atoms with Gasteiger partial charge in [-0.05, 0) is 26.3 Å². The minimum Gasteiger partial charge on any atom is -0.506 e. The standard InChI is InChI=1S/C13H21N2O7P/c1-9-13(18)11(7-14-5-3-2-4-12(16)17)10(6-15-9)8-22-23(19,20)21/h6,14,18H,2-5,7-8H2,1H3,(H,16,17)(H2,19,20,21). The molecule has 0 spiro atoms.